The van der Waals surface area contributed by atoms with E-state index in [0.29, 0.717) is 22.3 Å². The number of sulfone groups is 1. The largest absolute Gasteiger partial charge is 0.283 e. The second-order valence-electron chi connectivity index (χ2n) is 6.77. The van der Waals surface area contributed by atoms with Crippen LogP contribution < -0.4 is 4.72 Å². The van der Waals surface area contributed by atoms with Crippen LogP contribution in [0, 0.1) is 13.8 Å². The van der Waals surface area contributed by atoms with Gasteiger partial charge in [-0.05, 0) is 49.6 Å². The van der Waals surface area contributed by atoms with Crippen LogP contribution in [0.3, 0.4) is 0 Å². The number of aryl methyl sites for hydroxylation is 2. The number of hydrogen-bond donors (Lipinski definition) is 1. The number of fused-ring (bicyclic) bond motifs is 1. The summed E-state index contributed by atoms with van der Waals surface area (Å²) in [6.07, 6.45) is 0.516. The minimum absolute atomic E-state index is 0.0438. The van der Waals surface area contributed by atoms with E-state index < -0.39 is 19.9 Å². The molecule has 0 amide bonds. The molecule has 3 aromatic rings. The lowest BCUT2D eigenvalue weighted by atomic mass is 10.1. The molecule has 0 saturated heterocycles. The molecule has 0 spiro atoms. The lowest BCUT2D eigenvalue weighted by Gasteiger charge is -2.10. The monoisotopic (exact) mass is 438 g/mol. The van der Waals surface area contributed by atoms with Gasteiger partial charge in [0.1, 0.15) is 0 Å². The lowest BCUT2D eigenvalue weighted by Crippen LogP contribution is -2.15. The number of sulfonamides is 1. The molecule has 0 unspecified atom stereocenters. The van der Waals surface area contributed by atoms with Gasteiger partial charge in [0.05, 0.1) is 27.4 Å². The smallest absolute Gasteiger partial charge is 0.236 e. The Bertz CT molecular complexity index is 1230. The third-order valence-corrected chi connectivity index (χ3v) is 8.86. The first kappa shape index (κ1) is 20.8. The third kappa shape index (κ3) is 4.71. The van der Waals surface area contributed by atoms with Gasteiger partial charge in [0.15, 0.2) is 0 Å². The molecule has 1 N–H and O–H groups in total. The van der Waals surface area contributed by atoms with Crippen LogP contribution in [0.25, 0.3) is 10.2 Å². The highest BCUT2D eigenvalue weighted by molar-refractivity contribution is 7.93. The van der Waals surface area contributed by atoms with Crippen LogP contribution in [0.4, 0.5) is 5.69 Å². The van der Waals surface area contributed by atoms with E-state index in [0.717, 1.165) is 28.0 Å². The van der Waals surface area contributed by atoms with E-state index in [1.807, 2.05) is 32.0 Å². The van der Waals surface area contributed by atoms with Gasteiger partial charge in [0.25, 0.3) is 0 Å². The van der Waals surface area contributed by atoms with Crippen LogP contribution in [0.1, 0.15) is 30.0 Å². The molecule has 1 heterocycles. The van der Waals surface area contributed by atoms with E-state index in [-0.39, 0.29) is 15.8 Å². The molecule has 0 fully saturated rings. The van der Waals surface area contributed by atoms with Crippen LogP contribution in [0.15, 0.2) is 40.7 Å². The van der Waals surface area contributed by atoms with Crippen LogP contribution in [-0.2, 0) is 25.6 Å². The third-order valence-electron chi connectivity index (χ3n) is 4.23. The predicted molar refractivity (Wildman–Crippen MR) is 114 cm³/mol. The zero-order valence-electron chi connectivity index (χ0n) is 15.9. The van der Waals surface area contributed by atoms with Gasteiger partial charge in [-0.2, -0.15) is 0 Å². The molecule has 2 aromatic carbocycles. The molecule has 6 nitrogen and oxygen atoms in total. The fourth-order valence-electron chi connectivity index (χ4n) is 2.83. The summed E-state index contributed by atoms with van der Waals surface area (Å²) in [5, 5.41) is 0. The summed E-state index contributed by atoms with van der Waals surface area (Å²) in [5.74, 6) is -0.0838. The molecular formula is C19H22N2O4S3. The van der Waals surface area contributed by atoms with Crippen molar-refractivity contribution in [2.45, 2.75) is 37.3 Å². The van der Waals surface area contributed by atoms with Crippen molar-refractivity contribution in [2.75, 3.05) is 10.5 Å². The fourth-order valence-corrected chi connectivity index (χ4v) is 6.82. The Labute approximate surface area is 169 Å². The molecule has 1 aromatic heterocycles. The molecule has 0 atom stereocenters. The number of benzene rings is 2. The SMILES string of the molecule is CCCS(=O)(=O)c1nc2ccc(NS(=O)(=O)Cc3cc(C)ccc3C)cc2s1. The van der Waals surface area contributed by atoms with E-state index >= 15 is 0 Å². The van der Waals surface area contributed by atoms with Gasteiger partial charge < -0.3 is 0 Å². The molecule has 0 aliphatic heterocycles. The Morgan fingerprint density at radius 3 is 2.50 bits per heavy atom. The van der Waals surface area contributed by atoms with Crippen molar-refractivity contribution in [3.05, 3.63) is 53.1 Å². The van der Waals surface area contributed by atoms with Crippen molar-refractivity contribution < 1.29 is 16.8 Å². The van der Waals surface area contributed by atoms with Gasteiger partial charge in [-0.3, -0.25) is 4.72 Å². The average Bonchev–Trinajstić information content (AvgIpc) is 3.02. The minimum Gasteiger partial charge on any atom is -0.283 e. The molecule has 3 rings (SSSR count). The van der Waals surface area contributed by atoms with Crippen molar-refractivity contribution in [1.82, 2.24) is 4.98 Å². The first-order chi connectivity index (χ1) is 13.1. The Morgan fingerprint density at radius 2 is 1.79 bits per heavy atom. The van der Waals surface area contributed by atoms with Crippen molar-refractivity contribution in [3.8, 4) is 0 Å². The Hall–Kier alpha value is -1.97. The summed E-state index contributed by atoms with van der Waals surface area (Å²) in [6.45, 7) is 5.60. The molecule has 0 bridgehead atoms. The standard InChI is InChI=1S/C19H22N2O4S3/c1-4-9-27(22,23)19-20-17-8-7-16(11-18(17)26-19)21-28(24,25)12-15-10-13(2)5-6-14(15)3/h5-8,10-11,21H,4,9,12H2,1-3H3. The highest BCUT2D eigenvalue weighted by atomic mass is 32.2. The van der Waals surface area contributed by atoms with Crippen molar-refractivity contribution in [1.29, 1.82) is 0 Å². The van der Waals surface area contributed by atoms with E-state index in [1.54, 1.807) is 25.1 Å². The average molecular weight is 439 g/mol. The topological polar surface area (TPSA) is 93.2 Å². The summed E-state index contributed by atoms with van der Waals surface area (Å²) in [6, 6.07) is 10.6. The lowest BCUT2D eigenvalue weighted by molar-refractivity contribution is 0.593. The quantitative estimate of drug-likeness (QED) is 0.601. The van der Waals surface area contributed by atoms with Gasteiger partial charge >= 0.3 is 0 Å². The molecular weight excluding hydrogens is 416 g/mol. The summed E-state index contributed by atoms with van der Waals surface area (Å²) in [5.41, 5.74) is 3.60. The summed E-state index contributed by atoms with van der Waals surface area (Å²) in [7, 11) is -7.01. The summed E-state index contributed by atoms with van der Waals surface area (Å²) >= 11 is 1.06. The Morgan fingerprint density at radius 1 is 1.04 bits per heavy atom. The van der Waals surface area contributed by atoms with Gasteiger partial charge in [-0.25, -0.2) is 21.8 Å². The van der Waals surface area contributed by atoms with Gasteiger partial charge in [-0.1, -0.05) is 30.7 Å². The zero-order valence-corrected chi connectivity index (χ0v) is 18.3. The zero-order chi connectivity index (χ0) is 20.5. The highest BCUT2D eigenvalue weighted by Crippen LogP contribution is 2.29. The molecule has 0 aliphatic carbocycles. The van der Waals surface area contributed by atoms with Crippen molar-refractivity contribution in [2.24, 2.45) is 0 Å². The number of nitrogens with zero attached hydrogens (tertiary/aromatic N) is 1. The number of aromatic nitrogens is 1. The van der Waals surface area contributed by atoms with Crippen molar-refractivity contribution >= 4 is 47.1 Å². The maximum Gasteiger partial charge on any atom is 0.236 e. The number of hydrogen-bond acceptors (Lipinski definition) is 6. The van der Waals surface area contributed by atoms with Gasteiger partial charge in [0.2, 0.25) is 24.2 Å². The van der Waals surface area contributed by atoms with Crippen LogP contribution >= 0.6 is 11.3 Å². The molecule has 150 valence electrons. The van der Waals surface area contributed by atoms with E-state index in [9.17, 15) is 16.8 Å². The maximum atomic E-state index is 12.6. The first-order valence-electron chi connectivity index (χ1n) is 8.79. The number of anilines is 1. The van der Waals surface area contributed by atoms with Crippen LogP contribution in [0.2, 0.25) is 0 Å². The summed E-state index contributed by atoms with van der Waals surface area (Å²) in [4.78, 5) is 4.18. The second kappa shape index (κ2) is 7.81. The minimum atomic E-state index is -3.61. The molecule has 9 heteroatoms. The van der Waals surface area contributed by atoms with E-state index in [2.05, 4.69) is 9.71 Å². The number of nitrogens with one attached hydrogen (secondary N) is 1. The molecule has 28 heavy (non-hydrogen) atoms. The molecule has 0 radical (unpaired) electrons. The van der Waals surface area contributed by atoms with Gasteiger partial charge in [-0.15, -0.1) is 11.3 Å². The molecule has 0 aliphatic rings. The van der Waals surface area contributed by atoms with E-state index in [4.69, 9.17) is 0 Å². The second-order valence-corrected chi connectivity index (χ2v) is 11.8. The maximum absolute atomic E-state index is 12.6. The van der Waals surface area contributed by atoms with E-state index in [1.165, 1.54) is 0 Å². The Balaban J connectivity index is 1.86. The highest BCUT2D eigenvalue weighted by Gasteiger charge is 2.19. The molecule has 0 saturated carbocycles. The fraction of sp³-hybridized carbons (Fsp3) is 0.316. The number of rotatable bonds is 7. The Kier molecular flexibility index (Phi) is 5.79. The van der Waals surface area contributed by atoms with Crippen LogP contribution in [0.5, 0.6) is 0 Å². The first-order valence-corrected chi connectivity index (χ1v) is 12.9. The normalized spacial score (nSPS) is 12.4. The van der Waals surface area contributed by atoms with Crippen molar-refractivity contribution in [3.63, 3.8) is 0 Å². The number of thiazole rings is 1. The van der Waals surface area contributed by atoms with Gasteiger partial charge in [0, 0.05) is 0 Å². The summed E-state index contributed by atoms with van der Waals surface area (Å²) < 4.78 is 52.9. The predicted octanol–water partition coefficient (Wildman–Crippen LogP) is 4.04. The van der Waals surface area contributed by atoms with Crippen LogP contribution in [-0.4, -0.2) is 27.6 Å².